The second kappa shape index (κ2) is 6.19. The predicted octanol–water partition coefficient (Wildman–Crippen LogP) is 4.98. The van der Waals surface area contributed by atoms with E-state index in [4.69, 9.17) is 35.4 Å². The summed E-state index contributed by atoms with van der Waals surface area (Å²) in [5.74, 6) is 0. The summed E-state index contributed by atoms with van der Waals surface area (Å²) >= 11 is 17.3. The number of nitrogens with one attached hydrogen (secondary N) is 1. The SMILES string of the molecule is S=C(Cc1ccc(Cl)cc1Cl)Nc1ccccc1. The molecular formula is C14H11Cl2NS. The highest BCUT2D eigenvalue weighted by Crippen LogP contribution is 2.22. The van der Waals surface area contributed by atoms with Gasteiger partial charge in [0, 0.05) is 22.2 Å². The average molecular weight is 296 g/mol. The van der Waals surface area contributed by atoms with E-state index in [2.05, 4.69) is 5.32 Å². The molecule has 0 saturated carbocycles. The molecule has 0 aliphatic carbocycles. The minimum absolute atomic E-state index is 0.597. The molecule has 2 aromatic carbocycles. The summed E-state index contributed by atoms with van der Waals surface area (Å²) in [5, 5.41) is 4.44. The van der Waals surface area contributed by atoms with Crippen LogP contribution >= 0.6 is 35.4 Å². The van der Waals surface area contributed by atoms with E-state index in [1.807, 2.05) is 42.5 Å². The molecule has 0 radical (unpaired) electrons. The van der Waals surface area contributed by atoms with Crippen LogP contribution in [0.5, 0.6) is 0 Å². The summed E-state index contributed by atoms with van der Waals surface area (Å²) in [7, 11) is 0. The van der Waals surface area contributed by atoms with E-state index in [-0.39, 0.29) is 0 Å². The summed E-state index contributed by atoms with van der Waals surface area (Å²) in [6.07, 6.45) is 0.597. The van der Waals surface area contributed by atoms with Gasteiger partial charge in [-0.25, -0.2) is 0 Å². The highest BCUT2D eigenvalue weighted by molar-refractivity contribution is 7.80. The monoisotopic (exact) mass is 295 g/mol. The predicted molar refractivity (Wildman–Crippen MR) is 82.8 cm³/mol. The van der Waals surface area contributed by atoms with Crippen molar-refractivity contribution in [3.63, 3.8) is 0 Å². The highest BCUT2D eigenvalue weighted by Gasteiger charge is 2.05. The first kappa shape index (κ1) is 13.3. The van der Waals surface area contributed by atoms with Crippen LogP contribution in [0.25, 0.3) is 0 Å². The lowest BCUT2D eigenvalue weighted by Gasteiger charge is -2.09. The smallest absolute Gasteiger partial charge is 0.0842 e. The van der Waals surface area contributed by atoms with Gasteiger partial charge in [0.2, 0.25) is 0 Å². The van der Waals surface area contributed by atoms with E-state index in [1.165, 1.54) is 0 Å². The molecule has 0 spiro atoms. The molecule has 0 unspecified atom stereocenters. The Morgan fingerprint density at radius 1 is 1.06 bits per heavy atom. The molecule has 2 aromatic rings. The first-order valence-corrected chi connectivity index (χ1v) is 6.60. The molecule has 0 aliphatic rings. The summed E-state index contributed by atoms with van der Waals surface area (Å²) < 4.78 is 0. The quantitative estimate of drug-likeness (QED) is 0.802. The molecular weight excluding hydrogens is 285 g/mol. The van der Waals surface area contributed by atoms with Crippen molar-refractivity contribution in [2.24, 2.45) is 0 Å². The third kappa shape index (κ3) is 3.70. The van der Waals surface area contributed by atoms with Gasteiger partial charge in [0.1, 0.15) is 0 Å². The van der Waals surface area contributed by atoms with E-state index < -0.39 is 0 Å². The maximum Gasteiger partial charge on any atom is 0.0842 e. The third-order valence-electron chi connectivity index (χ3n) is 2.42. The largest absolute Gasteiger partial charge is 0.350 e. The molecule has 0 aliphatic heterocycles. The van der Waals surface area contributed by atoms with E-state index >= 15 is 0 Å². The Kier molecular flexibility index (Phi) is 4.59. The molecule has 18 heavy (non-hydrogen) atoms. The number of anilines is 1. The second-order valence-corrected chi connectivity index (χ2v) is 5.16. The van der Waals surface area contributed by atoms with Gasteiger partial charge >= 0.3 is 0 Å². The van der Waals surface area contributed by atoms with Gasteiger partial charge in [-0.3, -0.25) is 0 Å². The minimum atomic E-state index is 0.597. The van der Waals surface area contributed by atoms with Crippen molar-refractivity contribution in [1.82, 2.24) is 0 Å². The summed E-state index contributed by atoms with van der Waals surface area (Å²) in [6, 6.07) is 15.2. The van der Waals surface area contributed by atoms with Gasteiger partial charge in [-0.05, 0) is 29.8 Å². The summed E-state index contributed by atoms with van der Waals surface area (Å²) in [6.45, 7) is 0. The van der Waals surface area contributed by atoms with Gasteiger partial charge in [-0.1, -0.05) is 59.7 Å². The number of para-hydroxylation sites is 1. The third-order valence-corrected chi connectivity index (χ3v) is 3.26. The lowest BCUT2D eigenvalue weighted by Crippen LogP contribution is -2.12. The maximum absolute atomic E-state index is 6.10. The highest BCUT2D eigenvalue weighted by atomic mass is 35.5. The Labute approximate surface area is 122 Å². The molecule has 0 bridgehead atoms. The molecule has 92 valence electrons. The fraction of sp³-hybridized carbons (Fsp3) is 0.0714. The van der Waals surface area contributed by atoms with E-state index in [0.717, 1.165) is 16.2 Å². The number of benzene rings is 2. The zero-order valence-electron chi connectivity index (χ0n) is 9.49. The van der Waals surface area contributed by atoms with Crippen LogP contribution in [-0.4, -0.2) is 4.99 Å². The lowest BCUT2D eigenvalue weighted by atomic mass is 10.1. The van der Waals surface area contributed by atoms with Gasteiger partial charge in [-0.15, -0.1) is 0 Å². The van der Waals surface area contributed by atoms with Crippen LogP contribution in [0.4, 0.5) is 5.69 Å². The molecule has 0 amide bonds. The number of halogens is 2. The first-order chi connectivity index (χ1) is 8.65. The zero-order valence-corrected chi connectivity index (χ0v) is 11.8. The molecule has 0 fully saturated rings. The van der Waals surface area contributed by atoms with Crippen LogP contribution in [0.15, 0.2) is 48.5 Å². The number of hydrogen-bond acceptors (Lipinski definition) is 1. The van der Waals surface area contributed by atoms with Crippen molar-refractivity contribution in [3.8, 4) is 0 Å². The lowest BCUT2D eigenvalue weighted by molar-refractivity contribution is 1.34. The molecule has 4 heteroatoms. The molecule has 1 nitrogen and oxygen atoms in total. The molecule has 0 saturated heterocycles. The Hall–Kier alpha value is -1.09. The maximum atomic E-state index is 6.10. The Morgan fingerprint density at radius 3 is 2.44 bits per heavy atom. The van der Waals surface area contributed by atoms with Gasteiger partial charge in [-0.2, -0.15) is 0 Å². The normalized spacial score (nSPS) is 10.1. The van der Waals surface area contributed by atoms with Crippen LogP contribution < -0.4 is 5.32 Å². The summed E-state index contributed by atoms with van der Waals surface area (Å²) in [5.41, 5.74) is 1.95. The number of rotatable bonds is 3. The van der Waals surface area contributed by atoms with Crippen molar-refractivity contribution in [2.75, 3.05) is 5.32 Å². The molecule has 0 atom stereocenters. The van der Waals surface area contributed by atoms with Crippen LogP contribution in [0, 0.1) is 0 Å². The van der Waals surface area contributed by atoms with Crippen LogP contribution in [0.2, 0.25) is 10.0 Å². The molecule has 0 heterocycles. The van der Waals surface area contributed by atoms with E-state index in [1.54, 1.807) is 6.07 Å². The van der Waals surface area contributed by atoms with Crippen LogP contribution in [0.1, 0.15) is 5.56 Å². The van der Waals surface area contributed by atoms with Gasteiger partial charge in [0.15, 0.2) is 0 Å². The average Bonchev–Trinajstić information content (AvgIpc) is 2.34. The van der Waals surface area contributed by atoms with Crippen molar-refractivity contribution in [3.05, 3.63) is 64.1 Å². The van der Waals surface area contributed by atoms with Crippen LogP contribution in [-0.2, 0) is 6.42 Å². The van der Waals surface area contributed by atoms with Gasteiger partial charge in [0.05, 0.1) is 4.99 Å². The number of thiocarbonyl (C=S) groups is 1. The molecule has 2 rings (SSSR count). The molecule has 1 N–H and O–H groups in total. The minimum Gasteiger partial charge on any atom is -0.350 e. The van der Waals surface area contributed by atoms with Crippen molar-refractivity contribution < 1.29 is 0 Å². The summed E-state index contributed by atoms with van der Waals surface area (Å²) in [4.78, 5) is 0.727. The van der Waals surface area contributed by atoms with Gasteiger partial charge < -0.3 is 5.32 Å². The Bertz CT molecular complexity index is 555. The topological polar surface area (TPSA) is 12.0 Å². The Morgan fingerprint density at radius 2 is 1.78 bits per heavy atom. The number of hydrogen-bond donors (Lipinski definition) is 1. The zero-order chi connectivity index (χ0) is 13.0. The fourth-order valence-corrected chi connectivity index (χ4v) is 2.31. The van der Waals surface area contributed by atoms with Crippen molar-refractivity contribution >= 4 is 46.1 Å². The van der Waals surface area contributed by atoms with Gasteiger partial charge in [0.25, 0.3) is 0 Å². The molecule has 0 aromatic heterocycles. The Balaban J connectivity index is 2.03. The first-order valence-electron chi connectivity index (χ1n) is 5.44. The van der Waals surface area contributed by atoms with E-state index in [0.29, 0.717) is 16.5 Å². The van der Waals surface area contributed by atoms with Crippen molar-refractivity contribution in [1.29, 1.82) is 0 Å². The van der Waals surface area contributed by atoms with Crippen molar-refractivity contribution in [2.45, 2.75) is 6.42 Å². The van der Waals surface area contributed by atoms with E-state index in [9.17, 15) is 0 Å². The van der Waals surface area contributed by atoms with Crippen LogP contribution in [0.3, 0.4) is 0 Å². The standard InChI is InChI=1S/C14H11Cl2NS/c15-11-7-6-10(13(16)9-11)8-14(18)17-12-4-2-1-3-5-12/h1-7,9H,8H2,(H,17,18). The second-order valence-electron chi connectivity index (χ2n) is 3.83. The fourth-order valence-electron chi connectivity index (χ4n) is 1.56.